The van der Waals surface area contributed by atoms with Gasteiger partial charge in [0.05, 0.1) is 0 Å². The highest BCUT2D eigenvalue weighted by molar-refractivity contribution is 7.99. The molecule has 0 aliphatic heterocycles. The van der Waals surface area contributed by atoms with Gasteiger partial charge in [-0.2, -0.15) is 11.8 Å². The van der Waals surface area contributed by atoms with Gasteiger partial charge in [0, 0.05) is 37.0 Å². The number of guanidine groups is 1. The standard InChI is InChI=1S/C19H30N4OS/c1-4-5-18(24)22-15-8-6-14(7-9-15)13-21-19(20-2)23-16-10-11-17(12-16)25-3/h6-9,16-17H,4-5,10-13H2,1-3H3,(H,22,24)(H2,20,21,23). The number of nitrogens with one attached hydrogen (secondary N) is 3. The van der Waals surface area contributed by atoms with Gasteiger partial charge in [-0.05, 0) is 49.6 Å². The van der Waals surface area contributed by atoms with E-state index >= 15 is 0 Å². The topological polar surface area (TPSA) is 65.5 Å². The number of hydrogen-bond donors (Lipinski definition) is 3. The second-order valence-electron chi connectivity index (χ2n) is 6.43. The molecule has 1 aliphatic carbocycles. The van der Waals surface area contributed by atoms with Gasteiger partial charge in [0.2, 0.25) is 5.91 Å². The predicted molar refractivity (Wildman–Crippen MR) is 108 cm³/mol. The highest BCUT2D eigenvalue weighted by Crippen LogP contribution is 2.28. The van der Waals surface area contributed by atoms with Crippen LogP contribution in [0.5, 0.6) is 0 Å². The summed E-state index contributed by atoms with van der Waals surface area (Å²) < 4.78 is 0. The van der Waals surface area contributed by atoms with Crippen LogP contribution in [0.2, 0.25) is 0 Å². The minimum absolute atomic E-state index is 0.0677. The molecule has 0 radical (unpaired) electrons. The molecule has 0 aromatic heterocycles. The molecule has 6 heteroatoms. The van der Waals surface area contributed by atoms with Gasteiger partial charge >= 0.3 is 0 Å². The van der Waals surface area contributed by atoms with Crippen LogP contribution in [0.4, 0.5) is 5.69 Å². The van der Waals surface area contributed by atoms with Gasteiger partial charge in [-0.25, -0.2) is 0 Å². The number of anilines is 1. The van der Waals surface area contributed by atoms with Gasteiger partial charge in [-0.1, -0.05) is 19.1 Å². The molecule has 0 bridgehead atoms. The summed E-state index contributed by atoms with van der Waals surface area (Å²) >= 11 is 1.96. The molecule has 138 valence electrons. The third kappa shape index (κ3) is 6.61. The summed E-state index contributed by atoms with van der Waals surface area (Å²) in [5, 5.41) is 10.6. The first-order valence-electron chi connectivity index (χ1n) is 9.03. The lowest BCUT2D eigenvalue weighted by Gasteiger charge is -2.17. The second kappa shape index (κ2) is 10.3. The van der Waals surface area contributed by atoms with Crippen molar-refractivity contribution in [2.75, 3.05) is 18.6 Å². The van der Waals surface area contributed by atoms with E-state index in [1.54, 1.807) is 0 Å². The summed E-state index contributed by atoms with van der Waals surface area (Å²) in [6, 6.07) is 8.46. The van der Waals surface area contributed by atoms with E-state index in [9.17, 15) is 4.79 Å². The zero-order chi connectivity index (χ0) is 18.1. The number of nitrogens with zero attached hydrogens (tertiary/aromatic N) is 1. The van der Waals surface area contributed by atoms with Gasteiger partial charge in [0.1, 0.15) is 0 Å². The Labute approximate surface area is 155 Å². The molecule has 1 fully saturated rings. The van der Waals surface area contributed by atoms with E-state index in [4.69, 9.17) is 0 Å². The Hall–Kier alpha value is -1.69. The fraction of sp³-hybridized carbons (Fsp3) is 0.579. The number of thioether (sulfide) groups is 1. The molecule has 0 heterocycles. The Bertz CT molecular complexity index is 573. The van der Waals surface area contributed by atoms with Crippen molar-refractivity contribution in [3.63, 3.8) is 0 Å². The van der Waals surface area contributed by atoms with Crippen LogP contribution in [0.15, 0.2) is 29.3 Å². The van der Waals surface area contributed by atoms with Crippen molar-refractivity contribution in [3.8, 4) is 0 Å². The molecule has 2 rings (SSSR count). The van der Waals surface area contributed by atoms with E-state index < -0.39 is 0 Å². The SMILES string of the molecule is CCCC(=O)Nc1ccc(CNC(=NC)NC2CCC(SC)C2)cc1. The van der Waals surface area contributed by atoms with Crippen LogP contribution in [-0.4, -0.2) is 36.5 Å². The van der Waals surface area contributed by atoms with Crippen molar-refractivity contribution in [2.24, 2.45) is 4.99 Å². The Balaban J connectivity index is 1.78. The lowest BCUT2D eigenvalue weighted by Crippen LogP contribution is -2.42. The lowest BCUT2D eigenvalue weighted by molar-refractivity contribution is -0.116. The van der Waals surface area contributed by atoms with E-state index in [1.165, 1.54) is 19.3 Å². The van der Waals surface area contributed by atoms with Crippen LogP contribution < -0.4 is 16.0 Å². The maximum Gasteiger partial charge on any atom is 0.224 e. The molecule has 25 heavy (non-hydrogen) atoms. The quantitative estimate of drug-likeness (QED) is 0.514. The molecule has 2 unspecified atom stereocenters. The average molecular weight is 363 g/mol. The first kappa shape index (κ1) is 19.6. The molecular formula is C19H30N4OS. The number of benzene rings is 1. The molecule has 1 aromatic carbocycles. The Morgan fingerprint density at radius 3 is 2.64 bits per heavy atom. The predicted octanol–water partition coefficient (Wildman–Crippen LogP) is 3.37. The molecule has 1 aromatic rings. The van der Waals surface area contributed by atoms with Gasteiger partial charge < -0.3 is 16.0 Å². The van der Waals surface area contributed by atoms with Crippen LogP contribution in [-0.2, 0) is 11.3 Å². The molecule has 0 spiro atoms. The lowest BCUT2D eigenvalue weighted by atomic mass is 10.2. The van der Waals surface area contributed by atoms with Crippen molar-refractivity contribution in [3.05, 3.63) is 29.8 Å². The van der Waals surface area contributed by atoms with E-state index in [0.717, 1.165) is 28.9 Å². The van der Waals surface area contributed by atoms with Gasteiger partial charge in [0.15, 0.2) is 5.96 Å². The smallest absolute Gasteiger partial charge is 0.224 e. The van der Waals surface area contributed by atoms with Crippen LogP contribution in [0, 0.1) is 0 Å². The largest absolute Gasteiger partial charge is 0.354 e. The van der Waals surface area contributed by atoms with Crippen LogP contribution >= 0.6 is 11.8 Å². The maximum atomic E-state index is 11.6. The van der Waals surface area contributed by atoms with E-state index in [0.29, 0.717) is 19.0 Å². The zero-order valence-electron chi connectivity index (χ0n) is 15.5. The molecule has 2 atom stereocenters. The zero-order valence-corrected chi connectivity index (χ0v) is 16.3. The normalized spacial score (nSPS) is 20.4. The maximum absolute atomic E-state index is 11.6. The summed E-state index contributed by atoms with van der Waals surface area (Å²) in [7, 11) is 1.81. The third-order valence-corrected chi connectivity index (χ3v) is 5.55. The fourth-order valence-electron chi connectivity index (χ4n) is 3.02. The molecular weight excluding hydrogens is 332 g/mol. The van der Waals surface area contributed by atoms with Crippen molar-refractivity contribution >= 4 is 29.3 Å². The van der Waals surface area contributed by atoms with Gasteiger partial charge in [-0.15, -0.1) is 0 Å². The van der Waals surface area contributed by atoms with Crippen LogP contribution in [0.3, 0.4) is 0 Å². The molecule has 1 amide bonds. The van der Waals surface area contributed by atoms with E-state index in [-0.39, 0.29) is 5.91 Å². The highest BCUT2D eigenvalue weighted by Gasteiger charge is 2.24. The minimum Gasteiger partial charge on any atom is -0.354 e. The van der Waals surface area contributed by atoms with Gasteiger partial charge in [-0.3, -0.25) is 9.79 Å². The Kier molecular flexibility index (Phi) is 8.12. The first-order chi connectivity index (χ1) is 12.1. The molecule has 1 aliphatic rings. The number of hydrogen-bond acceptors (Lipinski definition) is 3. The van der Waals surface area contributed by atoms with Crippen LogP contribution in [0.25, 0.3) is 0 Å². The van der Waals surface area contributed by atoms with Crippen molar-refractivity contribution in [1.82, 2.24) is 10.6 Å². The molecule has 3 N–H and O–H groups in total. The molecule has 0 saturated heterocycles. The minimum atomic E-state index is 0.0677. The Morgan fingerprint density at radius 1 is 1.28 bits per heavy atom. The third-order valence-electron chi connectivity index (χ3n) is 4.46. The summed E-state index contributed by atoms with van der Waals surface area (Å²) in [6.07, 6.45) is 7.30. The number of carbonyl (C=O) groups is 1. The summed E-state index contributed by atoms with van der Waals surface area (Å²) in [5.41, 5.74) is 2.00. The highest BCUT2D eigenvalue weighted by atomic mass is 32.2. The van der Waals surface area contributed by atoms with Crippen LogP contribution in [0.1, 0.15) is 44.6 Å². The number of rotatable bonds is 7. The van der Waals surface area contributed by atoms with Gasteiger partial charge in [0.25, 0.3) is 0 Å². The van der Waals surface area contributed by atoms with Crippen molar-refractivity contribution in [2.45, 2.75) is 56.9 Å². The molecule has 5 nitrogen and oxygen atoms in total. The number of aliphatic imine (C=N–C) groups is 1. The van der Waals surface area contributed by atoms with E-state index in [1.807, 2.05) is 50.0 Å². The number of carbonyl (C=O) groups excluding carboxylic acids is 1. The summed E-state index contributed by atoms with van der Waals surface area (Å²) in [5.74, 6) is 0.921. The average Bonchev–Trinajstić information content (AvgIpc) is 3.07. The summed E-state index contributed by atoms with van der Waals surface area (Å²) in [6.45, 7) is 2.71. The Morgan fingerprint density at radius 2 is 2.04 bits per heavy atom. The number of amides is 1. The fourth-order valence-corrected chi connectivity index (χ4v) is 3.81. The molecule has 1 saturated carbocycles. The van der Waals surface area contributed by atoms with Crippen molar-refractivity contribution in [1.29, 1.82) is 0 Å². The first-order valence-corrected chi connectivity index (χ1v) is 10.3. The summed E-state index contributed by atoms with van der Waals surface area (Å²) in [4.78, 5) is 15.9. The van der Waals surface area contributed by atoms with E-state index in [2.05, 4.69) is 27.2 Å². The second-order valence-corrected chi connectivity index (χ2v) is 7.57. The van der Waals surface area contributed by atoms with Crippen molar-refractivity contribution < 1.29 is 4.79 Å². The monoisotopic (exact) mass is 362 g/mol.